The topological polar surface area (TPSA) is 542 Å². The molecule has 36 heteroatoms. The molecular formula is C74H130N18O18. The Kier molecular flexibility index (Phi) is 45.7. The number of aromatic nitrogens is 6. The minimum atomic E-state index is -0.427. The van der Waals surface area contributed by atoms with Gasteiger partial charge in [-0.2, -0.15) is 0 Å². The molecule has 6 unspecified atom stereocenters. The number of ether oxygens (including phenoxy) is 6. The molecule has 0 bridgehead atoms. The Bertz CT molecular complexity index is 3670. The molecule has 18 N–H and O–H groups in total. The van der Waals surface area contributed by atoms with E-state index in [9.17, 15) is 28.8 Å². The van der Waals surface area contributed by atoms with Gasteiger partial charge in [0, 0.05) is 138 Å². The molecule has 0 aromatic carbocycles. The second-order valence-electron chi connectivity index (χ2n) is 28.5. The molecular weight excluding hydrogens is 1430 g/mol. The minimum absolute atomic E-state index is 0.0698. The van der Waals surface area contributed by atoms with E-state index in [-0.39, 0.29) is 81.9 Å². The van der Waals surface area contributed by atoms with Crippen LogP contribution in [0.3, 0.4) is 0 Å². The summed E-state index contributed by atoms with van der Waals surface area (Å²) in [5.41, 5.74) is 39.5. The van der Waals surface area contributed by atoms with E-state index in [0.717, 1.165) is 19.3 Å². The molecule has 6 aromatic rings. The average molecular weight is 1560 g/mol. The van der Waals surface area contributed by atoms with Crippen molar-refractivity contribution in [3.63, 3.8) is 0 Å². The number of nitrogens with zero attached hydrogens (tertiary/aromatic N) is 6. The van der Waals surface area contributed by atoms with Gasteiger partial charge in [-0.05, 0) is 117 Å². The highest BCUT2D eigenvalue weighted by Crippen LogP contribution is 2.22. The number of methoxy groups -OCH3 is 6. The molecule has 6 rings (SSSR count). The lowest BCUT2D eigenvalue weighted by Gasteiger charge is -2.27. The summed E-state index contributed by atoms with van der Waals surface area (Å²) < 4.78 is 60.1. The summed E-state index contributed by atoms with van der Waals surface area (Å²) in [7, 11) is 9.37. The predicted molar refractivity (Wildman–Crippen MR) is 412 cm³/mol. The molecule has 0 radical (unpaired) electrons. The molecule has 6 heterocycles. The van der Waals surface area contributed by atoms with Crippen molar-refractivity contribution in [1.29, 1.82) is 0 Å². The lowest BCUT2D eigenvalue weighted by Crippen LogP contribution is -2.51. The maximum atomic E-state index is 12.1. The van der Waals surface area contributed by atoms with Crippen LogP contribution in [0.5, 0.6) is 0 Å². The van der Waals surface area contributed by atoms with E-state index in [2.05, 4.69) is 83.6 Å². The van der Waals surface area contributed by atoms with Crippen molar-refractivity contribution >= 4 is 35.4 Å². The molecule has 0 fully saturated rings. The Labute approximate surface area is 647 Å². The Morgan fingerprint density at radius 2 is 0.709 bits per heavy atom. The SMILES string of the molecule is CCC(C)(CN)CNC(=O)c1noc(COC)c1C.CCC(C)(CN)NC(=O)c1noc(COC)c1C.CCC(C)(N)CNC(=O)c1noc(COC)c1C.COCc1onc(C(=O)NC(CN)C(C)C)c1C.COCc1onc(C(=O)NCC(CN)C(C)C)c1C.COCc1onc(C(=O)NCC(N)C(C)C)c1C. The fraction of sp³-hybridized carbons (Fsp3) is 0.676. The van der Waals surface area contributed by atoms with Gasteiger partial charge < -0.3 is 122 Å². The zero-order chi connectivity index (χ0) is 83.8. The molecule has 0 spiro atoms. The van der Waals surface area contributed by atoms with Gasteiger partial charge >= 0.3 is 0 Å². The van der Waals surface area contributed by atoms with Crippen molar-refractivity contribution in [2.24, 2.45) is 63.5 Å². The number of nitrogens with two attached hydrogens (primary N) is 6. The predicted octanol–water partition coefficient (Wildman–Crippen LogP) is 5.98. The van der Waals surface area contributed by atoms with Gasteiger partial charge in [0.1, 0.15) is 39.6 Å². The summed E-state index contributed by atoms with van der Waals surface area (Å²) >= 11 is 0. The number of hydrogen-bond donors (Lipinski definition) is 12. The van der Waals surface area contributed by atoms with Crippen LogP contribution >= 0.6 is 0 Å². The molecule has 624 valence electrons. The second kappa shape index (κ2) is 50.5. The highest BCUT2D eigenvalue weighted by atomic mass is 16.5. The Morgan fingerprint density at radius 1 is 0.400 bits per heavy atom. The number of hydrogen-bond acceptors (Lipinski definition) is 30. The number of rotatable bonds is 38. The van der Waals surface area contributed by atoms with Gasteiger partial charge in [0.2, 0.25) is 0 Å². The molecule has 0 aliphatic rings. The van der Waals surface area contributed by atoms with Crippen LogP contribution in [0, 0.1) is 70.6 Å². The highest BCUT2D eigenvalue weighted by molar-refractivity contribution is 5.96. The van der Waals surface area contributed by atoms with E-state index in [0.29, 0.717) is 189 Å². The molecule has 0 aliphatic heterocycles. The first-order valence-corrected chi connectivity index (χ1v) is 36.6. The third-order valence-electron chi connectivity index (χ3n) is 18.7. The summed E-state index contributed by atoms with van der Waals surface area (Å²) in [6, 6.07) is -0.140. The fourth-order valence-electron chi connectivity index (χ4n) is 9.07. The van der Waals surface area contributed by atoms with Crippen LogP contribution in [0.4, 0.5) is 0 Å². The van der Waals surface area contributed by atoms with Crippen molar-refractivity contribution in [1.82, 2.24) is 62.8 Å². The molecule has 0 saturated carbocycles. The van der Waals surface area contributed by atoms with E-state index >= 15 is 0 Å². The van der Waals surface area contributed by atoms with Crippen LogP contribution in [0.15, 0.2) is 27.1 Å². The molecule has 6 aromatic heterocycles. The van der Waals surface area contributed by atoms with E-state index in [1.54, 1.807) is 84.2 Å². The van der Waals surface area contributed by atoms with E-state index in [4.69, 9.17) is 90.0 Å². The van der Waals surface area contributed by atoms with Crippen molar-refractivity contribution < 1.29 is 84.3 Å². The zero-order valence-electron chi connectivity index (χ0n) is 69.5. The standard InChI is InChI=1S/2C13H23N3O3.4C12H21N3O3/c1-8(2)10(5-14)6-15-13(17)12-9(3)11(7-18-4)19-16-12;1-5-13(3,7-14)8-15-12(17)11-9(2)10(6-18-4)19-16-11;1-7(2)9(13)5-14-12(16)11-8(3)10(6-17-4)18-15-11;1-7(2)9(5-13)14-12(16)11-8(3)10(6-17-4)18-15-11;1-5-12(3,13)7-14-11(16)10-8(2)9(6-17-4)18-15-10;1-5-12(3,7-13)14-11(16)10-8(2)9(6-17-4)18-15-10/h8,10H,5-7,14H2,1-4H3,(H,15,17);5-8,14H2,1-4H3,(H,15,17);2*7,9H,5-6,13H2,1-4H3,(H,14,16);2*5-7,13H2,1-4H3,(H,14,16). The fourth-order valence-corrected chi connectivity index (χ4v) is 9.07. The second-order valence-corrected chi connectivity index (χ2v) is 28.5. The number of nitrogens with one attached hydrogen (secondary N) is 6. The molecule has 110 heavy (non-hydrogen) atoms. The average Bonchev–Trinajstić information content (AvgIpc) is 1.72. The van der Waals surface area contributed by atoms with Crippen LogP contribution < -0.4 is 66.3 Å². The molecule has 36 nitrogen and oxygen atoms in total. The van der Waals surface area contributed by atoms with Crippen molar-refractivity contribution in [3.8, 4) is 0 Å². The number of amides is 6. The van der Waals surface area contributed by atoms with Crippen LogP contribution in [-0.4, -0.2) is 185 Å². The van der Waals surface area contributed by atoms with Crippen LogP contribution in [-0.2, 0) is 68.1 Å². The van der Waals surface area contributed by atoms with Crippen molar-refractivity contribution in [2.75, 3.05) is 95.0 Å². The normalized spacial score (nSPS) is 13.5. The van der Waals surface area contributed by atoms with Gasteiger partial charge in [0.15, 0.2) is 68.7 Å². The van der Waals surface area contributed by atoms with Crippen LogP contribution in [0.1, 0.15) is 233 Å². The van der Waals surface area contributed by atoms with Gasteiger partial charge in [0.25, 0.3) is 35.4 Å². The van der Waals surface area contributed by atoms with Gasteiger partial charge in [-0.25, -0.2) is 0 Å². The summed E-state index contributed by atoms with van der Waals surface area (Å²) in [5.74, 6) is 3.12. The third-order valence-corrected chi connectivity index (χ3v) is 18.7. The zero-order valence-corrected chi connectivity index (χ0v) is 69.5. The molecule has 0 aliphatic carbocycles. The molecule has 0 saturated heterocycles. The number of carbonyl (C=O) groups excluding carboxylic acids is 6. The Balaban J connectivity index is 0.000000660. The van der Waals surface area contributed by atoms with E-state index < -0.39 is 11.1 Å². The van der Waals surface area contributed by atoms with Gasteiger partial charge in [-0.15, -0.1) is 0 Å². The van der Waals surface area contributed by atoms with Crippen molar-refractivity contribution in [2.45, 2.75) is 207 Å². The minimum Gasteiger partial charge on any atom is -0.377 e. The lowest BCUT2D eigenvalue weighted by atomic mass is 9.88. The highest BCUT2D eigenvalue weighted by Gasteiger charge is 2.30. The Hall–Kier alpha value is -8.40. The maximum Gasteiger partial charge on any atom is 0.274 e. The van der Waals surface area contributed by atoms with Crippen LogP contribution in [0.25, 0.3) is 0 Å². The smallest absolute Gasteiger partial charge is 0.274 e. The Morgan fingerprint density at radius 3 is 0.964 bits per heavy atom. The van der Waals surface area contributed by atoms with Crippen molar-refractivity contribution in [3.05, 3.63) is 102 Å². The largest absolute Gasteiger partial charge is 0.377 e. The van der Waals surface area contributed by atoms with E-state index in [1.807, 2.05) is 62.3 Å². The maximum absolute atomic E-state index is 12.1. The van der Waals surface area contributed by atoms with Gasteiger partial charge in [0.05, 0.1) is 0 Å². The molecule has 6 atom stereocenters. The van der Waals surface area contributed by atoms with Crippen LogP contribution in [0.2, 0.25) is 0 Å². The first kappa shape index (κ1) is 99.6. The quantitative estimate of drug-likeness (QED) is 0.0212. The molecule has 6 amide bonds. The van der Waals surface area contributed by atoms with Gasteiger partial charge in [-0.1, -0.05) is 100 Å². The first-order chi connectivity index (χ1) is 51.8. The summed E-state index contributed by atoms with van der Waals surface area (Å²) in [5, 5.41) is 39.6. The van der Waals surface area contributed by atoms with E-state index in [1.165, 1.54) is 0 Å². The lowest BCUT2D eigenvalue weighted by molar-refractivity contribution is 0.0890. The monoisotopic (exact) mass is 1560 g/mol. The summed E-state index contributed by atoms with van der Waals surface area (Å²) in [6.45, 7) is 40.3. The summed E-state index contributed by atoms with van der Waals surface area (Å²) in [6.07, 6.45) is 2.42. The van der Waals surface area contributed by atoms with Gasteiger partial charge in [-0.3, -0.25) is 28.8 Å². The number of carbonyl (C=O) groups is 6. The summed E-state index contributed by atoms with van der Waals surface area (Å²) in [4.78, 5) is 72.0. The third kappa shape index (κ3) is 32.1. The first-order valence-electron chi connectivity index (χ1n) is 36.6.